The van der Waals surface area contributed by atoms with Gasteiger partial charge in [0.1, 0.15) is 11.8 Å². The second-order valence-corrected chi connectivity index (χ2v) is 7.10. The Bertz CT molecular complexity index is 923. The fourth-order valence-electron chi connectivity index (χ4n) is 3.67. The third-order valence-electron chi connectivity index (χ3n) is 4.73. The highest BCUT2D eigenvalue weighted by atomic mass is 32.1. The third kappa shape index (κ3) is 1.81. The number of thiophene rings is 1. The normalized spacial score (nSPS) is 18.5. The van der Waals surface area contributed by atoms with Crippen molar-refractivity contribution in [2.45, 2.75) is 31.2 Å². The van der Waals surface area contributed by atoms with Crippen LogP contribution in [0.15, 0.2) is 18.7 Å². The lowest BCUT2D eigenvalue weighted by molar-refractivity contribution is 0.0933. The van der Waals surface area contributed by atoms with E-state index in [0.717, 1.165) is 33.8 Å². The maximum Gasteiger partial charge on any atom is 0.262 e. The molecule has 0 unspecified atom stereocenters. The van der Waals surface area contributed by atoms with Crippen LogP contribution in [-0.4, -0.2) is 25.8 Å². The van der Waals surface area contributed by atoms with Gasteiger partial charge in [0.15, 0.2) is 11.5 Å². The molecule has 0 atom stereocenters. The van der Waals surface area contributed by atoms with E-state index in [9.17, 15) is 4.79 Å². The van der Waals surface area contributed by atoms with Gasteiger partial charge in [-0.1, -0.05) is 12.8 Å². The Balaban J connectivity index is 1.55. The number of amides is 1. The summed E-state index contributed by atoms with van der Waals surface area (Å²) in [6.07, 6.45) is 7.47. The van der Waals surface area contributed by atoms with E-state index in [-0.39, 0.29) is 11.4 Å². The Morgan fingerprint density at radius 1 is 1.22 bits per heavy atom. The Kier molecular flexibility index (Phi) is 2.55. The molecule has 23 heavy (non-hydrogen) atoms. The van der Waals surface area contributed by atoms with Gasteiger partial charge in [0.05, 0.1) is 21.7 Å². The van der Waals surface area contributed by atoms with Gasteiger partial charge in [-0.25, -0.2) is 15.0 Å². The highest BCUT2D eigenvalue weighted by Crippen LogP contribution is 2.48. The lowest BCUT2D eigenvalue weighted by Gasteiger charge is -2.23. The molecule has 0 radical (unpaired) electrons. The van der Waals surface area contributed by atoms with Crippen LogP contribution in [0.1, 0.15) is 40.9 Å². The minimum Gasteiger partial charge on any atom is -0.342 e. The number of nitrogens with zero attached hydrogens (tertiary/aromatic N) is 3. The van der Waals surface area contributed by atoms with Crippen molar-refractivity contribution in [3.8, 4) is 0 Å². The van der Waals surface area contributed by atoms with Gasteiger partial charge in [0, 0.05) is 5.56 Å². The molecule has 116 valence electrons. The minimum atomic E-state index is -0.141. The molecule has 1 aliphatic heterocycles. The van der Waals surface area contributed by atoms with E-state index in [0.29, 0.717) is 11.5 Å². The van der Waals surface area contributed by atoms with Gasteiger partial charge in [-0.2, -0.15) is 0 Å². The molecule has 1 aliphatic carbocycles. The first kappa shape index (κ1) is 13.0. The summed E-state index contributed by atoms with van der Waals surface area (Å²) in [6.45, 7) is 0. The van der Waals surface area contributed by atoms with Crippen LogP contribution in [0.4, 0.5) is 10.8 Å². The minimum absolute atomic E-state index is 0.0503. The van der Waals surface area contributed by atoms with Crippen molar-refractivity contribution in [3.05, 3.63) is 29.2 Å². The first-order valence-corrected chi connectivity index (χ1v) is 8.45. The van der Waals surface area contributed by atoms with Crippen LogP contribution in [0.5, 0.6) is 0 Å². The number of aromatic nitrogens is 4. The van der Waals surface area contributed by atoms with Crippen molar-refractivity contribution in [1.82, 2.24) is 25.3 Å². The second-order valence-electron chi connectivity index (χ2n) is 6.05. The summed E-state index contributed by atoms with van der Waals surface area (Å²) in [4.78, 5) is 28.7. The summed E-state index contributed by atoms with van der Waals surface area (Å²) in [6, 6.07) is 2.09. The summed E-state index contributed by atoms with van der Waals surface area (Å²) in [5.41, 5.74) is 2.39. The molecule has 0 saturated heterocycles. The molecular formula is C15H14N6OS. The predicted octanol–water partition coefficient (Wildman–Crippen LogP) is 2.67. The lowest BCUT2D eigenvalue weighted by Crippen LogP contribution is -2.36. The summed E-state index contributed by atoms with van der Waals surface area (Å²) >= 11 is 1.48. The fourth-order valence-corrected chi connectivity index (χ4v) is 4.72. The largest absolute Gasteiger partial charge is 0.342 e. The number of H-pyrrole nitrogens is 1. The van der Waals surface area contributed by atoms with Crippen molar-refractivity contribution in [2.75, 3.05) is 5.32 Å². The summed E-state index contributed by atoms with van der Waals surface area (Å²) in [5.74, 6) is 0.725. The van der Waals surface area contributed by atoms with E-state index < -0.39 is 0 Å². The standard InChI is InChI=1S/C15H14N6OS/c22-14-11-8(15(21-14)3-1-2-4-15)5-9(23-11)20-13-10-12(17-6-16-10)18-7-19-13/h5-7H,1-4H2,(H,21,22)(H2,16,17,18,19,20). The van der Waals surface area contributed by atoms with E-state index in [1.165, 1.54) is 30.5 Å². The zero-order chi connectivity index (χ0) is 15.4. The van der Waals surface area contributed by atoms with Gasteiger partial charge >= 0.3 is 0 Å². The predicted molar refractivity (Wildman–Crippen MR) is 86.9 cm³/mol. The number of hydrogen-bond donors (Lipinski definition) is 3. The Hall–Kier alpha value is -2.48. The number of fused-ring (bicyclic) bond motifs is 3. The van der Waals surface area contributed by atoms with Crippen LogP contribution in [0, 0.1) is 0 Å². The third-order valence-corrected chi connectivity index (χ3v) is 5.78. The summed E-state index contributed by atoms with van der Waals surface area (Å²) < 4.78 is 0. The van der Waals surface area contributed by atoms with E-state index >= 15 is 0 Å². The smallest absolute Gasteiger partial charge is 0.262 e. The number of rotatable bonds is 2. The first-order chi connectivity index (χ1) is 11.3. The van der Waals surface area contributed by atoms with Crippen LogP contribution >= 0.6 is 11.3 Å². The molecule has 7 nitrogen and oxygen atoms in total. The van der Waals surface area contributed by atoms with Crippen LogP contribution < -0.4 is 10.6 Å². The molecular weight excluding hydrogens is 312 g/mol. The zero-order valence-electron chi connectivity index (χ0n) is 12.2. The summed E-state index contributed by atoms with van der Waals surface area (Å²) in [7, 11) is 0. The molecule has 1 fully saturated rings. The average Bonchev–Trinajstić information content (AvgIpc) is 3.28. The molecule has 3 aromatic rings. The fraction of sp³-hybridized carbons (Fsp3) is 0.333. The number of anilines is 2. The van der Waals surface area contributed by atoms with Crippen molar-refractivity contribution in [3.63, 3.8) is 0 Å². The molecule has 1 saturated carbocycles. The molecule has 3 aromatic heterocycles. The quantitative estimate of drug-likeness (QED) is 0.673. The first-order valence-electron chi connectivity index (χ1n) is 7.63. The Morgan fingerprint density at radius 2 is 2.09 bits per heavy atom. The number of aromatic amines is 1. The SMILES string of the molecule is O=C1NC2(CCCC2)c2cc(Nc3ncnc4nc[nH]c34)sc21. The van der Waals surface area contributed by atoms with Crippen LogP contribution in [-0.2, 0) is 5.54 Å². The van der Waals surface area contributed by atoms with Crippen molar-refractivity contribution >= 4 is 39.2 Å². The Morgan fingerprint density at radius 3 is 2.96 bits per heavy atom. The monoisotopic (exact) mass is 326 g/mol. The van der Waals surface area contributed by atoms with E-state index in [1.54, 1.807) is 6.33 Å². The molecule has 0 aromatic carbocycles. The maximum absolute atomic E-state index is 12.3. The molecule has 8 heteroatoms. The van der Waals surface area contributed by atoms with Crippen LogP contribution in [0.25, 0.3) is 11.2 Å². The van der Waals surface area contributed by atoms with Crippen molar-refractivity contribution in [2.24, 2.45) is 0 Å². The van der Waals surface area contributed by atoms with Gasteiger partial charge in [-0.05, 0) is 18.9 Å². The second kappa shape index (κ2) is 4.51. The Labute approximate surface area is 135 Å². The van der Waals surface area contributed by atoms with Crippen LogP contribution in [0.3, 0.4) is 0 Å². The molecule has 4 heterocycles. The number of nitrogens with one attached hydrogen (secondary N) is 3. The van der Waals surface area contributed by atoms with E-state index in [1.807, 2.05) is 0 Å². The number of hydrogen-bond acceptors (Lipinski definition) is 6. The van der Waals surface area contributed by atoms with E-state index in [2.05, 4.69) is 36.6 Å². The highest BCUT2D eigenvalue weighted by Gasteiger charge is 2.46. The zero-order valence-corrected chi connectivity index (χ0v) is 13.0. The molecule has 5 rings (SSSR count). The number of carbonyl (C=O) groups is 1. The number of imidazole rings is 1. The van der Waals surface area contributed by atoms with Gasteiger partial charge < -0.3 is 15.6 Å². The highest BCUT2D eigenvalue weighted by molar-refractivity contribution is 7.18. The molecule has 1 spiro atoms. The molecule has 3 N–H and O–H groups in total. The summed E-state index contributed by atoms with van der Waals surface area (Å²) in [5, 5.41) is 7.42. The van der Waals surface area contributed by atoms with Gasteiger partial charge in [-0.15, -0.1) is 11.3 Å². The molecule has 0 bridgehead atoms. The van der Waals surface area contributed by atoms with Gasteiger partial charge in [0.25, 0.3) is 5.91 Å². The lowest BCUT2D eigenvalue weighted by atomic mass is 9.92. The maximum atomic E-state index is 12.3. The molecule has 2 aliphatic rings. The number of carbonyl (C=O) groups excluding carboxylic acids is 1. The van der Waals surface area contributed by atoms with E-state index in [4.69, 9.17) is 0 Å². The molecule has 1 amide bonds. The van der Waals surface area contributed by atoms with Gasteiger partial charge in [0.2, 0.25) is 0 Å². The van der Waals surface area contributed by atoms with Crippen molar-refractivity contribution in [1.29, 1.82) is 0 Å². The average molecular weight is 326 g/mol. The topological polar surface area (TPSA) is 95.6 Å². The van der Waals surface area contributed by atoms with Crippen molar-refractivity contribution < 1.29 is 4.79 Å². The van der Waals surface area contributed by atoms with Gasteiger partial charge in [-0.3, -0.25) is 4.79 Å². The van der Waals surface area contributed by atoms with Crippen LogP contribution in [0.2, 0.25) is 0 Å².